The monoisotopic (exact) mass is 370 g/mol. The van der Waals surface area contributed by atoms with Gasteiger partial charge in [0.05, 0.1) is 6.20 Å². The molecule has 3 amide bonds. The number of nitrogens with two attached hydrogens (primary N) is 3. The summed E-state index contributed by atoms with van der Waals surface area (Å²) in [6.07, 6.45) is 1.20. The number of amides is 3. The van der Waals surface area contributed by atoms with Gasteiger partial charge in [0.1, 0.15) is 11.4 Å². The number of carbonyl (C=O) groups is 2. The summed E-state index contributed by atoms with van der Waals surface area (Å²) in [6.45, 7) is 3.58. The molecule has 11 nitrogen and oxygen atoms in total. The highest BCUT2D eigenvalue weighted by atomic mass is 35.5. The van der Waals surface area contributed by atoms with E-state index in [0.717, 1.165) is 4.53 Å². The largest absolute Gasteiger partial charge is 0.412 e. The first kappa shape index (κ1) is 22.9. The maximum absolute atomic E-state index is 11.4. The number of halogens is 2. The van der Waals surface area contributed by atoms with Crippen molar-refractivity contribution in [2.45, 2.75) is 19.9 Å². The molecule has 1 aliphatic heterocycles. The summed E-state index contributed by atoms with van der Waals surface area (Å²) in [5.41, 5.74) is 18.6. The van der Waals surface area contributed by atoms with Gasteiger partial charge in [-0.05, 0) is 13.8 Å². The number of nitrogens with one attached hydrogen (secondary N) is 3. The zero-order valence-corrected chi connectivity index (χ0v) is 14.0. The predicted octanol–water partition coefficient (Wildman–Crippen LogP) is -1.92. The van der Waals surface area contributed by atoms with Gasteiger partial charge in [0, 0.05) is 17.8 Å². The molecule has 0 bridgehead atoms. The molecule has 0 aromatic rings. The zero-order valence-electron chi connectivity index (χ0n) is 12.4. The second kappa shape index (κ2) is 9.61. The molecule has 1 heterocycles. The van der Waals surface area contributed by atoms with E-state index in [1.54, 1.807) is 13.8 Å². The van der Waals surface area contributed by atoms with Crippen LogP contribution in [0.4, 0.5) is 4.79 Å². The molecule has 0 aromatic heterocycles. The summed E-state index contributed by atoms with van der Waals surface area (Å²) in [4.78, 5) is 26.4. The van der Waals surface area contributed by atoms with Crippen molar-refractivity contribution in [3.8, 4) is 0 Å². The number of amidine groups is 1. The lowest BCUT2D eigenvalue weighted by molar-refractivity contribution is -0.114. The van der Waals surface area contributed by atoms with Gasteiger partial charge in [-0.1, -0.05) is 0 Å². The third-order valence-corrected chi connectivity index (χ3v) is 2.33. The Morgan fingerprint density at radius 3 is 2.43 bits per heavy atom. The first-order chi connectivity index (χ1) is 9.70. The van der Waals surface area contributed by atoms with Crippen LogP contribution in [0.25, 0.3) is 0 Å². The van der Waals surface area contributed by atoms with Crippen LogP contribution >= 0.6 is 24.2 Å². The Kier molecular flexibility index (Phi) is 9.57. The van der Waals surface area contributed by atoms with Gasteiger partial charge >= 0.3 is 6.03 Å². The lowest BCUT2D eigenvalue weighted by Gasteiger charge is -2.20. The number of hydrogen-bond acceptors (Lipinski definition) is 7. The minimum atomic E-state index is -0.804. The van der Waals surface area contributed by atoms with Crippen molar-refractivity contribution in [3.05, 3.63) is 23.4 Å². The number of nitrogens with zero attached hydrogens (tertiary/aromatic N) is 2. The molecular formula is C10H20Cl2N8O3. The van der Waals surface area contributed by atoms with Gasteiger partial charge in [-0.25, -0.2) is 15.2 Å². The van der Waals surface area contributed by atoms with Crippen LogP contribution in [0, 0.1) is 0 Å². The summed E-state index contributed by atoms with van der Waals surface area (Å²) in [7, 11) is 0. The van der Waals surface area contributed by atoms with E-state index in [9.17, 15) is 9.59 Å². The van der Waals surface area contributed by atoms with Crippen LogP contribution in [0.15, 0.2) is 28.4 Å². The molecule has 0 unspecified atom stereocenters. The minimum Gasteiger partial charge on any atom is -0.412 e. The highest BCUT2D eigenvalue weighted by Gasteiger charge is 2.20. The van der Waals surface area contributed by atoms with Crippen LogP contribution in [0.5, 0.6) is 0 Å². The topological polar surface area (TPSA) is 195 Å². The molecule has 1 aliphatic rings. The Morgan fingerprint density at radius 1 is 1.39 bits per heavy atom. The summed E-state index contributed by atoms with van der Waals surface area (Å²) in [5, 5.41) is 5.15. The van der Waals surface area contributed by atoms with E-state index >= 15 is 0 Å². The fraction of sp³-hybridized carbons (Fsp3) is 0.300. The molecule has 0 saturated heterocycles. The minimum absolute atomic E-state index is 0. The molecule has 23 heavy (non-hydrogen) atoms. The Balaban J connectivity index is 0. The normalized spacial score (nSPS) is 15.0. The Hall–Kier alpha value is -2.37. The van der Waals surface area contributed by atoms with E-state index in [1.807, 2.05) is 0 Å². The van der Waals surface area contributed by atoms with Crippen LogP contribution in [0.1, 0.15) is 13.8 Å². The van der Waals surface area contributed by atoms with Crippen molar-refractivity contribution in [2.24, 2.45) is 22.2 Å². The van der Waals surface area contributed by atoms with Crippen molar-refractivity contribution in [2.75, 3.05) is 0 Å². The van der Waals surface area contributed by atoms with E-state index in [-0.39, 0.29) is 47.0 Å². The van der Waals surface area contributed by atoms with Gasteiger partial charge in [0.25, 0.3) is 5.91 Å². The lowest BCUT2D eigenvalue weighted by atomic mass is 10.3. The van der Waals surface area contributed by atoms with E-state index in [1.165, 1.54) is 6.20 Å². The van der Waals surface area contributed by atoms with Crippen molar-refractivity contribution in [1.82, 2.24) is 20.6 Å². The molecule has 13 heteroatoms. The van der Waals surface area contributed by atoms with Crippen LogP contribution in [0.3, 0.4) is 0 Å². The first-order valence-electron chi connectivity index (χ1n) is 5.85. The molecule has 0 fully saturated rings. The molecule has 0 atom stereocenters. The van der Waals surface area contributed by atoms with Gasteiger partial charge in [-0.3, -0.25) is 4.79 Å². The number of hydrazine groups is 1. The molecule has 0 aromatic carbocycles. The molecule has 11 N–H and O–H groups in total. The zero-order chi connectivity index (χ0) is 16.2. The summed E-state index contributed by atoms with van der Waals surface area (Å²) < 4.78 is 0.822. The lowest BCUT2D eigenvalue weighted by Crippen LogP contribution is -2.44. The van der Waals surface area contributed by atoms with Gasteiger partial charge < -0.3 is 33.3 Å². The summed E-state index contributed by atoms with van der Waals surface area (Å²) in [5.74, 6) is -0.959. The molecule has 1 rings (SSSR count). The van der Waals surface area contributed by atoms with Crippen molar-refractivity contribution < 1.29 is 15.1 Å². The third-order valence-electron chi connectivity index (χ3n) is 2.15. The maximum atomic E-state index is 11.4. The summed E-state index contributed by atoms with van der Waals surface area (Å²) in [6, 6.07) is -0.584. The highest BCUT2D eigenvalue weighted by molar-refractivity contribution is 6.15. The standard InChI is InChI=1S/C10H17ClN8O2.ClH.H2O/c1-4(2)15-10(21)18-19(11)3-5-7(12)17-8(13)6(16-5)9(14)20;;/h3-4,16H,13H2,1-2H3,(H2,12,17)(H2,14,20)(H2,15,18,21);1H;1H2. The van der Waals surface area contributed by atoms with E-state index in [2.05, 4.69) is 21.1 Å². The Morgan fingerprint density at radius 2 is 1.96 bits per heavy atom. The molecule has 0 saturated carbocycles. The van der Waals surface area contributed by atoms with Crippen molar-refractivity contribution in [3.63, 3.8) is 0 Å². The maximum Gasteiger partial charge on any atom is 0.334 e. The van der Waals surface area contributed by atoms with Crippen LogP contribution in [-0.2, 0) is 4.79 Å². The van der Waals surface area contributed by atoms with E-state index in [0.29, 0.717) is 0 Å². The smallest absolute Gasteiger partial charge is 0.334 e. The summed E-state index contributed by atoms with van der Waals surface area (Å²) >= 11 is 5.79. The first-order valence-corrected chi connectivity index (χ1v) is 6.19. The van der Waals surface area contributed by atoms with E-state index < -0.39 is 11.9 Å². The fourth-order valence-corrected chi connectivity index (χ4v) is 1.51. The van der Waals surface area contributed by atoms with Crippen LogP contribution in [0.2, 0.25) is 0 Å². The Labute approximate surface area is 143 Å². The average molecular weight is 371 g/mol. The van der Waals surface area contributed by atoms with Crippen molar-refractivity contribution >= 4 is 42.0 Å². The van der Waals surface area contributed by atoms with Crippen molar-refractivity contribution in [1.29, 1.82) is 0 Å². The number of aliphatic imine (C=N–C) groups is 1. The van der Waals surface area contributed by atoms with Gasteiger partial charge in [-0.15, -0.1) is 12.4 Å². The van der Waals surface area contributed by atoms with E-state index in [4.69, 9.17) is 29.0 Å². The van der Waals surface area contributed by atoms with Crippen LogP contribution < -0.4 is 33.3 Å². The fourth-order valence-electron chi connectivity index (χ4n) is 1.33. The van der Waals surface area contributed by atoms with Gasteiger partial charge in [0.15, 0.2) is 11.7 Å². The van der Waals surface area contributed by atoms with Crippen LogP contribution in [-0.4, -0.2) is 33.8 Å². The van der Waals surface area contributed by atoms with Gasteiger partial charge in [-0.2, -0.15) is 4.53 Å². The highest BCUT2D eigenvalue weighted by Crippen LogP contribution is 2.09. The third kappa shape index (κ3) is 6.95. The average Bonchev–Trinajstić information content (AvgIpc) is 2.30. The molecule has 132 valence electrons. The molecule has 0 aliphatic carbocycles. The number of hydrogen-bond donors (Lipinski definition) is 6. The SMILES string of the molecule is CC(C)NC(=O)NN(Cl)C=C1NC(C(N)=O)=C(N)N=C1N.Cl.O. The number of primary amides is 1. The predicted molar refractivity (Wildman–Crippen MR) is 88.6 cm³/mol. The Bertz CT molecular complexity index is 546. The molecule has 0 radical (unpaired) electrons. The second-order valence-corrected chi connectivity index (χ2v) is 4.70. The quantitative estimate of drug-likeness (QED) is 0.246. The molecule has 0 spiro atoms. The number of rotatable bonds is 4. The number of carbonyl (C=O) groups excluding carboxylic acids is 2. The number of urea groups is 1. The molecular weight excluding hydrogens is 351 g/mol. The van der Waals surface area contributed by atoms with Gasteiger partial charge in [0.2, 0.25) is 0 Å². The second-order valence-electron chi connectivity index (χ2n) is 4.34.